The summed E-state index contributed by atoms with van der Waals surface area (Å²) in [6.45, 7) is 0. The molecule has 10 heteroatoms. The molecule has 0 saturated carbocycles. The molecular formula is C21H12ClN3O5S. The molecule has 2 aromatic carbocycles. The molecule has 0 atom stereocenters. The van der Waals surface area contributed by atoms with Crippen LogP contribution in [0.1, 0.15) is 5.56 Å². The minimum atomic E-state index is -0.541. The summed E-state index contributed by atoms with van der Waals surface area (Å²) < 4.78 is 5.56. The summed E-state index contributed by atoms with van der Waals surface area (Å²) >= 11 is 6.72. The Hall–Kier alpha value is -3.69. The molecule has 2 heterocycles. The SMILES string of the molecule is O=C1S/C(=C/c2ccc(Oc3ccc([N+](=O)[O-])cn3)cc2)C(=O)N1c1ccc(Cl)cc1. The highest BCUT2D eigenvalue weighted by atomic mass is 35.5. The fraction of sp³-hybridized carbons (Fsp3) is 0. The van der Waals surface area contributed by atoms with Crippen molar-refractivity contribution in [1.82, 2.24) is 4.98 Å². The second-order valence-electron chi connectivity index (χ2n) is 6.28. The molecule has 1 aromatic heterocycles. The van der Waals surface area contributed by atoms with E-state index >= 15 is 0 Å². The molecule has 1 fully saturated rings. The monoisotopic (exact) mass is 453 g/mol. The van der Waals surface area contributed by atoms with E-state index in [0.717, 1.165) is 22.9 Å². The van der Waals surface area contributed by atoms with E-state index in [2.05, 4.69) is 4.98 Å². The van der Waals surface area contributed by atoms with Crippen molar-refractivity contribution in [1.29, 1.82) is 0 Å². The number of nitrogens with zero attached hydrogens (tertiary/aromatic N) is 3. The summed E-state index contributed by atoms with van der Waals surface area (Å²) in [5.74, 6) is 0.267. The zero-order valence-electron chi connectivity index (χ0n) is 15.6. The third-order valence-corrected chi connectivity index (χ3v) is 5.33. The van der Waals surface area contributed by atoms with E-state index in [1.54, 1.807) is 54.6 Å². The van der Waals surface area contributed by atoms with Gasteiger partial charge < -0.3 is 4.74 Å². The number of hydrogen-bond donors (Lipinski definition) is 0. The van der Waals surface area contributed by atoms with E-state index in [1.165, 1.54) is 12.1 Å². The van der Waals surface area contributed by atoms with Gasteiger partial charge in [-0.05, 0) is 59.8 Å². The maximum absolute atomic E-state index is 12.7. The molecule has 31 heavy (non-hydrogen) atoms. The number of carbonyl (C=O) groups is 2. The van der Waals surface area contributed by atoms with Gasteiger partial charge in [0.05, 0.1) is 15.5 Å². The van der Waals surface area contributed by atoms with Gasteiger partial charge in [-0.3, -0.25) is 19.7 Å². The van der Waals surface area contributed by atoms with Crippen LogP contribution in [0, 0.1) is 10.1 Å². The minimum absolute atomic E-state index is 0.129. The highest BCUT2D eigenvalue weighted by molar-refractivity contribution is 8.19. The van der Waals surface area contributed by atoms with Crippen LogP contribution in [-0.2, 0) is 4.79 Å². The van der Waals surface area contributed by atoms with Crippen molar-refractivity contribution in [2.75, 3.05) is 4.90 Å². The van der Waals surface area contributed by atoms with E-state index in [-0.39, 0.29) is 16.8 Å². The number of pyridine rings is 1. The van der Waals surface area contributed by atoms with Crippen LogP contribution >= 0.6 is 23.4 Å². The Kier molecular flexibility index (Phi) is 5.70. The second kappa shape index (κ2) is 8.58. The molecule has 0 radical (unpaired) electrons. The quantitative estimate of drug-likeness (QED) is 0.278. The number of benzene rings is 2. The minimum Gasteiger partial charge on any atom is -0.439 e. The molecule has 0 unspecified atom stereocenters. The molecule has 2 amide bonds. The normalized spacial score (nSPS) is 14.9. The number of aromatic nitrogens is 1. The lowest BCUT2D eigenvalue weighted by molar-refractivity contribution is -0.385. The summed E-state index contributed by atoms with van der Waals surface area (Å²) in [6.07, 6.45) is 2.73. The van der Waals surface area contributed by atoms with Crippen LogP contribution in [0.15, 0.2) is 71.8 Å². The van der Waals surface area contributed by atoms with Gasteiger partial charge in [0.2, 0.25) is 5.88 Å². The number of anilines is 1. The Balaban J connectivity index is 1.48. The molecule has 8 nitrogen and oxygen atoms in total. The number of imide groups is 1. The zero-order chi connectivity index (χ0) is 22.0. The number of nitro groups is 1. The third-order valence-electron chi connectivity index (χ3n) is 4.21. The molecule has 154 valence electrons. The highest BCUT2D eigenvalue weighted by Gasteiger charge is 2.36. The van der Waals surface area contributed by atoms with Crippen molar-refractivity contribution >= 4 is 52.0 Å². The standard InChI is InChI=1S/C21H12ClN3O5S/c22-14-3-5-15(6-4-14)24-20(26)18(31-21(24)27)11-13-1-8-17(9-2-13)30-19-10-7-16(12-23-19)25(28)29/h1-12H/b18-11+. The topological polar surface area (TPSA) is 103 Å². The van der Waals surface area contributed by atoms with Crippen LogP contribution in [0.5, 0.6) is 11.6 Å². The molecular weight excluding hydrogens is 442 g/mol. The van der Waals surface area contributed by atoms with Crippen molar-refractivity contribution in [3.63, 3.8) is 0 Å². The Morgan fingerprint density at radius 2 is 1.74 bits per heavy atom. The Bertz CT molecular complexity index is 1200. The number of rotatable bonds is 5. The molecule has 0 aliphatic carbocycles. The van der Waals surface area contributed by atoms with Crippen molar-refractivity contribution in [2.45, 2.75) is 0 Å². The van der Waals surface area contributed by atoms with Gasteiger partial charge >= 0.3 is 0 Å². The van der Waals surface area contributed by atoms with Crippen LogP contribution in [0.3, 0.4) is 0 Å². The van der Waals surface area contributed by atoms with Crippen LogP contribution in [-0.4, -0.2) is 21.1 Å². The maximum atomic E-state index is 12.7. The molecule has 1 saturated heterocycles. The summed E-state index contributed by atoms with van der Waals surface area (Å²) in [4.78, 5) is 40.4. The van der Waals surface area contributed by atoms with Crippen molar-refractivity contribution < 1.29 is 19.2 Å². The first-order chi connectivity index (χ1) is 14.9. The van der Waals surface area contributed by atoms with Gasteiger partial charge in [0, 0.05) is 17.2 Å². The second-order valence-corrected chi connectivity index (χ2v) is 7.71. The summed E-state index contributed by atoms with van der Waals surface area (Å²) in [5, 5.41) is 10.8. The first-order valence-electron chi connectivity index (χ1n) is 8.82. The lowest BCUT2D eigenvalue weighted by atomic mass is 10.2. The first kappa shape index (κ1) is 20.6. The molecule has 0 spiro atoms. The lowest BCUT2D eigenvalue weighted by Gasteiger charge is -2.12. The van der Waals surface area contributed by atoms with Crippen molar-refractivity contribution in [3.8, 4) is 11.6 Å². The fourth-order valence-corrected chi connectivity index (χ4v) is 3.69. The summed E-state index contributed by atoms with van der Waals surface area (Å²) in [7, 11) is 0. The van der Waals surface area contributed by atoms with E-state index < -0.39 is 10.8 Å². The molecule has 1 aliphatic rings. The predicted molar refractivity (Wildman–Crippen MR) is 117 cm³/mol. The largest absolute Gasteiger partial charge is 0.439 e. The van der Waals surface area contributed by atoms with Gasteiger partial charge in [-0.2, -0.15) is 0 Å². The Morgan fingerprint density at radius 1 is 1.03 bits per heavy atom. The van der Waals surface area contributed by atoms with Crippen LogP contribution in [0.2, 0.25) is 5.02 Å². The van der Waals surface area contributed by atoms with Crippen molar-refractivity contribution in [2.24, 2.45) is 0 Å². The number of carbonyl (C=O) groups excluding carboxylic acids is 2. The van der Waals surface area contributed by atoms with Crippen LogP contribution in [0.4, 0.5) is 16.2 Å². The van der Waals surface area contributed by atoms with Gasteiger partial charge in [-0.1, -0.05) is 23.7 Å². The molecule has 4 rings (SSSR count). The smallest absolute Gasteiger partial charge is 0.298 e. The molecule has 0 N–H and O–H groups in total. The molecule has 3 aromatic rings. The van der Waals surface area contributed by atoms with E-state index in [1.807, 2.05) is 0 Å². The number of ether oxygens (including phenoxy) is 1. The third kappa shape index (κ3) is 4.57. The average Bonchev–Trinajstić information content (AvgIpc) is 3.03. The van der Waals surface area contributed by atoms with E-state index in [0.29, 0.717) is 26.9 Å². The number of thioether (sulfide) groups is 1. The van der Waals surface area contributed by atoms with Crippen molar-refractivity contribution in [3.05, 3.63) is 92.5 Å². The first-order valence-corrected chi connectivity index (χ1v) is 10.0. The number of amides is 2. The Labute approximate surface area is 185 Å². The fourth-order valence-electron chi connectivity index (χ4n) is 2.73. The number of halogens is 1. The van der Waals surface area contributed by atoms with E-state index in [4.69, 9.17) is 16.3 Å². The zero-order valence-corrected chi connectivity index (χ0v) is 17.2. The lowest BCUT2D eigenvalue weighted by Crippen LogP contribution is -2.27. The van der Waals surface area contributed by atoms with Gasteiger partial charge in [-0.15, -0.1) is 0 Å². The maximum Gasteiger partial charge on any atom is 0.298 e. The van der Waals surface area contributed by atoms with Gasteiger partial charge in [0.1, 0.15) is 11.9 Å². The summed E-state index contributed by atoms with van der Waals surface area (Å²) in [5.41, 5.74) is 1.02. The summed E-state index contributed by atoms with van der Waals surface area (Å²) in [6, 6.07) is 15.9. The van der Waals surface area contributed by atoms with Gasteiger partial charge in [-0.25, -0.2) is 9.88 Å². The average molecular weight is 454 g/mol. The highest BCUT2D eigenvalue weighted by Crippen LogP contribution is 2.36. The molecule has 0 bridgehead atoms. The van der Waals surface area contributed by atoms with Gasteiger partial charge in [0.25, 0.3) is 16.8 Å². The van der Waals surface area contributed by atoms with Crippen LogP contribution < -0.4 is 9.64 Å². The van der Waals surface area contributed by atoms with E-state index in [9.17, 15) is 19.7 Å². The van der Waals surface area contributed by atoms with Gasteiger partial charge in [0.15, 0.2) is 0 Å². The number of hydrogen-bond acceptors (Lipinski definition) is 7. The Morgan fingerprint density at radius 3 is 2.35 bits per heavy atom. The predicted octanol–water partition coefficient (Wildman–Crippen LogP) is 5.68. The van der Waals surface area contributed by atoms with Crippen LogP contribution in [0.25, 0.3) is 6.08 Å². The molecule has 1 aliphatic heterocycles.